The van der Waals surface area contributed by atoms with E-state index in [0.29, 0.717) is 24.5 Å². The summed E-state index contributed by atoms with van der Waals surface area (Å²) in [7, 11) is 1.70. The minimum absolute atomic E-state index is 0.167. The first-order valence-corrected chi connectivity index (χ1v) is 5.08. The number of nitrogens with one attached hydrogen (secondary N) is 1. The number of hydrogen-bond donors (Lipinski definition) is 2. The van der Waals surface area contributed by atoms with Crippen LogP contribution in [0.3, 0.4) is 0 Å². The molecule has 16 heavy (non-hydrogen) atoms. The van der Waals surface area contributed by atoms with Gasteiger partial charge in [-0.1, -0.05) is 0 Å². The average molecular weight is 227 g/mol. The van der Waals surface area contributed by atoms with Crippen molar-refractivity contribution >= 4 is 0 Å². The number of halogens is 1. The van der Waals surface area contributed by atoms with E-state index < -0.39 is 11.9 Å². The number of ether oxygens (including phenoxy) is 2. The second-order valence-electron chi connectivity index (χ2n) is 3.67. The molecule has 2 N–H and O–H groups in total. The Bertz CT molecular complexity index is 384. The summed E-state index contributed by atoms with van der Waals surface area (Å²) in [6.07, 6.45) is -0.873. The molecule has 4 nitrogen and oxygen atoms in total. The Morgan fingerprint density at radius 3 is 3.12 bits per heavy atom. The molecule has 0 amide bonds. The molecule has 5 heteroatoms. The largest absolute Gasteiger partial charge is 0.467 e. The third-order valence-electron chi connectivity index (χ3n) is 2.49. The quantitative estimate of drug-likeness (QED) is 0.807. The molecule has 0 fully saturated rings. The monoisotopic (exact) mass is 227 g/mol. The van der Waals surface area contributed by atoms with Gasteiger partial charge in [0, 0.05) is 17.7 Å². The van der Waals surface area contributed by atoms with Gasteiger partial charge in [-0.15, -0.1) is 0 Å². The van der Waals surface area contributed by atoms with E-state index in [1.54, 1.807) is 7.05 Å². The van der Waals surface area contributed by atoms with Gasteiger partial charge < -0.3 is 19.9 Å². The molecule has 0 bridgehead atoms. The van der Waals surface area contributed by atoms with Gasteiger partial charge in [0.1, 0.15) is 11.6 Å². The first kappa shape index (κ1) is 11.3. The van der Waals surface area contributed by atoms with Crippen molar-refractivity contribution in [3.63, 3.8) is 0 Å². The van der Waals surface area contributed by atoms with Crippen LogP contribution in [0.4, 0.5) is 4.39 Å². The molecule has 0 spiro atoms. The van der Waals surface area contributed by atoms with Gasteiger partial charge >= 0.3 is 0 Å². The minimum atomic E-state index is -0.873. The van der Waals surface area contributed by atoms with Crippen LogP contribution >= 0.6 is 0 Å². The van der Waals surface area contributed by atoms with Crippen molar-refractivity contribution in [3.8, 4) is 5.75 Å². The molecule has 0 saturated heterocycles. The zero-order valence-corrected chi connectivity index (χ0v) is 9.00. The first-order chi connectivity index (χ1) is 7.72. The summed E-state index contributed by atoms with van der Waals surface area (Å²) < 4.78 is 23.9. The Balaban J connectivity index is 2.31. The zero-order chi connectivity index (χ0) is 11.5. The molecule has 0 saturated carbocycles. The van der Waals surface area contributed by atoms with Gasteiger partial charge in [-0.25, -0.2) is 4.39 Å². The average Bonchev–Trinajstić information content (AvgIpc) is 2.28. The van der Waals surface area contributed by atoms with E-state index >= 15 is 0 Å². The summed E-state index contributed by atoms with van der Waals surface area (Å²) in [6, 6.07) is 2.89. The van der Waals surface area contributed by atoms with Crippen LogP contribution in [-0.2, 0) is 11.3 Å². The van der Waals surface area contributed by atoms with Crippen LogP contribution in [0.1, 0.15) is 17.2 Å². The molecule has 1 unspecified atom stereocenters. The lowest BCUT2D eigenvalue weighted by atomic mass is 10.0. The molecule has 1 aromatic rings. The molecule has 1 aromatic carbocycles. The highest BCUT2D eigenvalue weighted by atomic mass is 19.1. The van der Waals surface area contributed by atoms with Gasteiger partial charge in [-0.05, 0) is 19.2 Å². The van der Waals surface area contributed by atoms with Crippen molar-refractivity contribution in [2.24, 2.45) is 0 Å². The fourth-order valence-corrected chi connectivity index (χ4v) is 1.67. The first-order valence-electron chi connectivity index (χ1n) is 5.08. The van der Waals surface area contributed by atoms with Crippen molar-refractivity contribution < 1.29 is 19.0 Å². The number of hydrogen-bond acceptors (Lipinski definition) is 4. The smallest absolute Gasteiger partial charge is 0.189 e. The molecule has 0 radical (unpaired) electrons. The fraction of sp³-hybridized carbons (Fsp3) is 0.455. The van der Waals surface area contributed by atoms with Crippen molar-refractivity contribution in [1.82, 2.24) is 5.32 Å². The Labute approximate surface area is 93.0 Å². The fourth-order valence-electron chi connectivity index (χ4n) is 1.67. The lowest BCUT2D eigenvalue weighted by Gasteiger charge is -2.20. The lowest BCUT2D eigenvalue weighted by Crippen LogP contribution is -2.19. The maximum atomic E-state index is 13.7. The molecule has 2 rings (SSSR count). The lowest BCUT2D eigenvalue weighted by molar-refractivity contribution is -0.0168. The van der Waals surface area contributed by atoms with Crippen LogP contribution in [0.5, 0.6) is 5.75 Å². The van der Waals surface area contributed by atoms with Crippen molar-refractivity contribution in [2.75, 3.05) is 20.4 Å². The van der Waals surface area contributed by atoms with Crippen molar-refractivity contribution in [2.45, 2.75) is 12.7 Å². The predicted octanol–water partition coefficient (Wildman–Crippen LogP) is 0.945. The highest BCUT2D eigenvalue weighted by Crippen LogP contribution is 2.29. The van der Waals surface area contributed by atoms with Crippen molar-refractivity contribution in [3.05, 3.63) is 29.1 Å². The molecule has 1 heterocycles. The zero-order valence-electron chi connectivity index (χ0n) is 9.00. The number of likely N-dealkylation sites (N-methyl/N-ethyl adjacent to an activating group) is 1. The summed E-state index contributed by atoms with van der Waals surface area (Å²) in [4.78, 5) is 0. The van der Waals surface area contributed by atoms with Gasteiger partial charge in [-0.2, -0.15) is 0 Å². The normalized spacial score (nSPS) is 16.4. The van der Waals surface area contributed by atoms with Crippen LogP contribution in [0.25, 0.3) is 0 Å². The topological polar surface area (TPSA) is 50.7 Å². The Kier molecular flexibility index (Phi) is 3.38. The van der Waals surface area contributed by atoms with Crippen LogP contribution < -0.4 is 10.1 Å². The highest BCUT2D eigenvalue weighted by molar-refractivity contribution is 5.39. The molecule has 88 valence electrons. The van der Waals surface area contributed by atoms with E-state index in [1.165, 1.54) is 12.1 Å². The van der Waals surface area contributed by atoms with Crippen LogP contribution in [0.2, 0.25) is 0 Å². The Morgan fingerprint density at radius 1 is 1.56 bits per heavy atom. The number of aliphatic hydroxyl groups is 1. The van der Waals surface area contributed by atoms with Gasteiger partial charge in [0.15, 0.2) is 6.79 Å². The van der Waals surface area contributed by atoms with Gasteiger partial charge in [-0.3, -0.25) is 0 Å². The van der Waals surface area contributed by atoms with Crippen LogP contribution in [0.15, 0.2) is 12.1 Å². The summed E-state index contributed by atoms with van der Waals surface area (Å²) in [6.45, 7) is 0.807. The summed E-state index contributed by atoms with van der Waals surface area (Å²) >= 11 is 0. The highest BCUT2D eigenvalue weighted by Gasteiger charge is 2.18. The second kappa shape index (κ2) is 4.78. The van der Waals surface area contributed by atoms with E-state index in [0.717, 1.165) is 0 Å². The van der Waals surface area contributed by atoms with E-state index in [2.05, 4.69) is 5.32 Å². The summed E-state index contributed by atoms with van der Waals surface area (Å²) in [5.41, 5.74) is 0.916. The third-order valence-corrected chi connectivity index (χ3v) is 2.49. The molecule has 0 aliphatic carbocycles. The minimum Gasteiger partial charge on any atom is -0.467 e. The number of benzene rings is 1. The van der Waals surface area contributed by atoms with Gasteiger partial charge in [0.2, 0.25) is 0 Å². The maximum absolute atomic E-state index is 13.7. The molecular formula is C11H14FNO3. The van der Waals surface area contributed by atoms with E-state index in [1.807, 2.05) is 0 Å². The molecule has 1 atom stereocenters. The predicted molar refractivity (Wildman–Crippen MR) is 55.6 cm³/mol. The van der Waals surface area contributed by atoms with Crippen LogP contribution in [0, 0.1) is 5.82 Å². The SMILES string of the molecule is CNCC(O)c1cc2c(cc1F)COCO2. The molecule has 1 aliphatic rings. The van der Waals surface area contributed by atoms with E-state index in [9.17, 15) is 9.50 Å². The van der Waals surface area contributed by atoms with Crippen LogP contribution in [-0.4, -0.2) is 25.5 Å². The number of aliphatic hydroxyl groups excluding tert-OH is 1. The Hall–Kier alpha value is -1.17. The molecule has 1 aliphatic heterocycles. The van der Waals surface area contributed by atoms with E-state index in [-0.39, 0.29) is 12.4 Å². The van der Waals surface area contributed by atoms with Gasteiger partial charge in [0.25, 0.3) is 0 Å². The number of fused-ring (bicyclic) bond motifs is 1. The summed E-state index contributed by atoms with van der Waals surface area (Å²) in [5.74, 6) is 0.147. The second-order valence-corrected chi connectivity index (χ2v) is 3.67. The van der Waals surface area contributed by atoms with E-state index in [4.69, 9.17) is 9.47 Å². The standard InChI is InChI=1S/C11H14FNO3/c1-13-4-10(14)8-3-11-7(2-9(8)12)5-15-6-16-11/h2-3,10,13-14H,4-6H2,1H3. The maximum Gasteiger partial charge on any atom is 0.189 e. The summed E-state index contributed by atoms with van der Waals surface area (Å²) in [5, 5.41) is 12.5. The number of rotatable bonds is 3. The molecule has 0 aromatic heterocycles. The Morgan fingerprint density at radius 2 is 2.38 bits per heavy atom. The van der Waals surface area contributed by atoms with Gasteiger partial charge in [0.05, 0.1) is 12.7 Å². The van der Waals surface area contributed by atoms with Crippen molar-refractivity contribution in [1.29, 1.82) is 0 Å². The molecular weight excluding hydrogens is 213 g/mol. The third kappa shape index (κ3) is 2.16.